The monoisotopic (exact) mass is 503 g/mol. The molecule has 34 heavy (non-hydrogen) atoms. The number of anilines is 1. The smallest absolute Gasteiger partial charge is 0.269 e. The van der Waals surface area contributed by atoms with Gasteiger partial charge in [0.15, 0.2) is 0 Å². The number of sulfonamides is 1. The molecule has 12 heteroatoms. The Kier molecular flexibility index (Phi) is 6.96. The lowest BCUT2D eigenvalue weighted by molar-refractivity contribution is -0.384. The molecule has 1 aromatic heterocycles. The first-order valence-electron chi connectivity index (χ1n) is 10.6. The van der Waals surface area contributed by atoms with E-state index in [0.717, 1.165) is 5.56 Å². The number of halogens is 1. The normalized spacial score (nSPS) is 15.2. The van der Waals surface area contributed by atoms with E-state index in [1.54, 1.807) is 23.1 Å². The van der Waals surface area contributed by atoms with Gasteiger partial charge >= 0.3 is 0 Å². The number of rotatable bonds is 7. The van der Waals surface area contributed by atoms with Gasteiger partial charge in [0.1, 0.15) is 0 Å². The first-order chi connectivity index (χ1) is 16.2. The van der Waals surface area contributed by atoms with Crippen LogP contribution in [0.2, 0.25) is 5.02 Å². The fourth-order valence-electron chi connectivity index (χ4n) is 3.81. The Morgan fingerprint density at radius 2 is 1.82 bits per heavy atom. The van der Waals surface area contributed by atoms with Crippen LogP contribution >= 0.6 is 11.6 Å². The molecular formula is C22H22ClN5O5S. The number of amides is 1. The first-order valence-corrected chi connectivity index (χ1v) is 12.4. The molecule has 2 aromatic carbocycles. The molecule has 0 saturated carbocycles. The van der Waals surface area contributed by atoms with Crippen molar-refractivity contribution in [2.24, 2.45) is 5.92 Å². The van der Waals surface area contributed by atoms with Crippen molar-refractivity contribution in [3.63, 3.8) is 0 Å². The number of benzene rings is 2. The molecular weight excluding hydrogens is 482 g/mol. The molecule has 1 N–H and O–H groups in total. The molecule has 178 valence electrons. The molecule has 1 aliphatic rings. The van der Waals surface area contributed by atoms with E-state index in [1.807, 2.05) is 18.2 Å². The number of carbonyl (C=O) groups is 1. The highest BCUT2D eigenvalue weighted by atomic mass is 35.5. The van der Waals surface area contributed by atoms with E-state index >= 15 is 0 Å². The first kappa shape index (κ1) is 23.9. The van der Waals surface area contributed by atoms with Crippen LogP contribution in [0.1, 0.15) is 18.4 Å². The summed E-state index contributed by atoms with van der Waals surface area (Å²) in [7, 11) is -3.79. The van der Waals surface area contributed by atoms with Gasteiger partial charge in [-0.1, -0.05) is 29.8 Å². The Morgan fingerprint density at radius 1 is 1.15 bits per heavy atom. The Morgan fingerprint density at radius 3 is 2.47 bits per heavy atom. The second-order valence-electron chi connectivity index (χ2n) is 7.94. The number of nitrogens with zero attached hydrogens (tertiary/aromatic N) is 4. The minimum Gasteiger partial charge on any atom is -0.323 e. The van der Waals surface area contributed by atoms with E-state index in [-0.39, 0.29) is 35.5 Å². The number of hydrogen-bond acceptors (Lipinski definition) is 6. The number of hydrogen-bond donors (Lipinski definition) is 1. The molecule has 2 heterocycles. The van der Waals surface area contributed by atoms with Crippen LogP contribution in [0.25, 0.3) is 0 Å². The zero-order valence-corrected chi connectivity index (χ0v) is 19.6. The quantitative estimate of drug-likeness (QED) is 0.388. The number of nitro groups is 1. The molecule has 1 amide bonds. The van der Waals surface area contributed by atoms with Crippen LogP contribution in [0.5, 0.6) is 0 Å². The maximum Gasteiger partial charge on any atom is 0.269 e. The van der Waals surface area contributed by atoms with E-state index in [9.17, 15) is 23.3 Å². The molecule has 4 rings (SSSR count). The molecule has 1 fully saturated rings. The Balaban J connectivity index is 1.33. The predicted octanol–water partition coefficient (Wildman–Crippen LogP) is 3.53. The zero-order valence-electron chi connectivity index (χ0n) is 18.0. The molecule has 0 bridgehead atoms. The van der Waals surface area contributed by atoms with Crippen molar-refractivity contribution < 1.29 is 18.1 Å². The topological polar surface area (TPSA) is 127 Å². The van der Waals surface area contributed by atoms with Crippen molar-refractivity contribution in [3.8, 4) is 0 Å². The van der Waals surface area contributed by atoms with Crippen LogP contribution in [0.15, 0.2) is 65.8 Å². The lowest BCUT2D eigenvalue weighted by Crippen LogP contribution is -2.41. The summed E-state index contributed by atoms with van der Waals surface area (Å²) < 4.78 is 28.7. The third-order valence-electron chi connectivity index (χ3n) is 5.70. The molecule has 0 atom stereocenters. The van der Waals surface area contributed by atoms with Crippen LogP contribution in [0.3, 0.4) is 0 Å². The van der Waals surface area contributed by atoms with E-state index < -0.39 is 14.9 Å². The maximum absolute atomic E-state index is 12.8. The number of piperidine rings is 1. The molecule has 0 radical (unpaired) electrons. The van der Waals surface area contributed by atoms with Crippen LogP contribution < -0.4 is 5.32 Å². The Labute approximate surface area is 201 Å². The van der Waals surface area contributed by atoms with Gasteiger partial charge < -0.3 is 5.32 Å². The average molecular weight is 504 g/mol. The summed E-state index contributed by atoms with van der Waals surface area (Å²) in [5, 5.41) is 18.5. The molecule has 10 nitrogen and oxygen atoms in total. The van der Waals surface area contributed by atoms with Gasteiger partial charge in [-0.25, -0.2) is 8.42 Å². The number of aromatic nitrogens is 2. The van der Waals surface area contributed by atoms with Crippen molar-refractivity contribution in [3.05, 3.63) is 81.6 Å². The van der Waals surface area contributed by atoms with Gasteiger partial charge in [-0.05, 0) is 36.6 Å². The summed E-state index contributed by atoms with van der Waals surface area (Å²) in [5.41, 5.74) is 1.29. The van der Waals surface area contributed by atoms with Gasteiger partial charge in [0.05, 0.1) is 28.2 Å². The minimum absolute atomic E-state index is 0.00747. The molecule has 0 unspecified atom stereocenters. The van der Waals surface area contributed by atoms with Gasteiger partial charge in [-0.3, -0.25) is 19.6 Å². The van der Waals surface area contributed by atoms with Gasteiger partial charge in [0, 0.05) is 42.4 Å². The second-order valence-corrected chi connectivity index (χ2v) is 10.3. The van der Waals surface area contributed by atoms with Crippen molar-refractivity contribution >= 4 is 38.9 Å². The number of carbonyl (C=O) groups excluding carboxylic acids is 1. The fraction of sp³-hybridized carbons (Fsp3) is 0.273. The summed E-state index contributed by atoms with van der Waals surface area (Å²) in [5.74, 6) is -0.528. The van der Waals surface area contributed by atoms with Crippen LogP contribution in [-0.4, -0.2) is 46.4 Å². The standard InChI is InChI=1S/C22H22ClN5O5S/c23-21-4-2-1-3-17(21)14-26-15-18(13-24-26)25-22(29)16-9-11-27(12-10-16)34(32,33)20-7-5-19(6-8-20)28(30)31/h1-8,13,15-16H,9-12,14H2,(H,25,29). The average Bonchev–Trinajstić information content (AvgIpc) is 3.27. The molecule has 3 aromatic rings. The second kappa shape index (κ2) is 9.92. The molecule has 0 aliphatic carbocycles. The van der Waals surface area contributed by atoms with E-state index in [2.05, 4.69) is 10.4 Å². The van der Waals surface area contributed by atoms with Crippen LogP contribution in [0, 0.1) is 16.0 Å². The molecule has 1 saturated heterocycles. The third kappa shape index (κ3) is 5.27. The van der Waals surface area contributed by atoms with E-state index in [0.29, 0.717) is 30.1 Å². The van der Waals surface area contributed by atoms with Crippen LogP contribution in [0.4, 0.5) is 11.4 Å². The van der Waals surface area contributed by atoms with E-state index in [4.69, 9.17) is 11.6 Å². The third-order valence-corrected chi connectivity index (χ3v) is 7.98. The minimum atomic E-state index is -3.79. The zero-order chi connectivity index (χ0) is 24.3. The number of nitro benzene ring substituents is 1. The Bertz CT molecular complexity index is 1300. The van der Waals surface area contributed by atoms with E-state index in [1.165, 1.54) is 28.6 Å². The highest BCUT2D eigenvalue weighted by Crippen LogP contribution is 2.26. The maximum atomic E-state index is 12.8. The van der Waals surface area contributed by atoms with Gasteiger partial charge in [-0.15, -0.1) is 0 Å². The number of nitrogens with one attached hydrogen (secondary N) is 1. The molecule has 0 spiro atoms. The van der Waals surface area contributed by atoms with Crippen LogP contribution in [-0.2, 0) is 21.4 Å². The summed E-state index contributed by atoms with van der Waals surface area (Å²) in [6.07, 6.45) is 4.01. The summed E-state index contributed by atoms with van der Waals surface area (Å²) in [6.45, 7) is 0.834. The highest BCUT2D eigenvalue weighted by Gasteiger charge is 2.32. The highest BCUT2D eigenvalue weighted by molar-refractivity contribution is 7.89. The Hall–Kier alpha value is -3.28. The van der Waals surface area contributed by atoms with Gasteiger partial charge in [-0.2, -0.15) is 9.40 Å². The predicted molar refractivity (Wildman–Crippen MR) is 126 cm³/mol. The summed E-state index contributed by atoms with van der Waals surface area (Å²) in [6, 6.07) is 12.2. The fourth-order valence-corrected chi connectivity index (χ4v) is 5.47. The van der Waals surface area contributed by atoms with Crippen molar-refractivity contribution in [1.82, 2.24) is 14.1 Å². The van der Waals surface area contributed by atoms with Crippen molar-refractivity contribution in [2.75, 3.05) is 18.4 Å². The largest absolute Gasteiger partial charge is 0.323 e. The lowest BCUT2D eigenvalue weighted by atomic mass is 9.97. The van der Waals surface area contributed by atoms with Crippen molar-refractivity contribution in [1.29, 1.82) is 0 Å². The SMILES string of the molecule is O=C(Nc1cnn(Cc2ccccc2Cl)c1)C1CCN(S(=O)(=O)c2ccc([N+](=O)[O-])cc2)CC1. The van der Waals surface area contributed by atoms with Gasteiger partial charge in [0.2, 0.25) is 15.9 Å². The summed E-state index contributed by atoms with van der Waals surface area (Å²) >= 11 is 6.18. The number of non-ortho nitro benzene ring substituents is 1. The lowest BCUT2D eigenvalue weighted by Gasteiger charge is -2.30. The van der Waals surface area contributed by atoms with Crippen molar-refractivity contribution in [2.45, 2.75) is 24.3 Å². The summed E-state index contributed by atoms with van der Waals surface area (Å²) in [4.78, 5) is 22.9. The van der Waals surface area contributed by atoms with Gasteiger partial charge in [0.25, 0.3) is 5.69 Å². The molecule has 1 aliphatic heterocycles.